The zero-order valence-electron chi connectivity index (χ0n) is 8.94. The van der Waals surface area contributed by atoms with Crippen LogP contribution in [-0.2, 0) is 12.4 Å². The second-order valence-corrected chi connectivity index (χ2v) is 3.68. The smallest absolute Gasteiger partial charge is 0.329 e. The van der Waals surface area contributed by atoms with Crippen molar-refractivity contribution in [1.29, 1.82) is 0 Å². The van der Waals surface area contributed by atoms with E-state index in [1.54, 1.807) is 0 Å². The maximum Gasteiger partial charge on any atom is 0.416 e. The summed E-state index contributed by atoms with van der Waals surface area (Å²) in [6.07, 6.45) is -9.74. The van der Waals surface area contributed by atoms with E-state index in [1.807, 2.05) is 0 Å². The Morgan fingerprint density at radius 3 is 1.56 bits per heavy atom. The highest BCUT2D eigenvalue weighted by Crippen LogP contribution is 2.37. The summed E-state index contributed by atoms with van der Waals surface area (Å²) >= 11 is 0. The van der Waals surface area contributed by atoms with Gasteiger partial charge in [0, 0.05) is 12.6 Å². The first-order valence-corrected chi connectivity index (χ1v) is 4.80. The van der Waals surface area contributed by atoms with Gasteiger partial charge in [-0.25, -0.2) is 0 Å². The molecule has 0 aliphatic carbocycles. The van der Waals surface area contributed by atoms with Crippen molar-refractivity contribution in [2.75, 3.05) is 6.54 Å². The van der Waals surface area contributed by atoms with Crippen molar-refractivity contribution < 1.29 is 26.3 Å². The predicted molar refractivity (Wildman–Crippen MR) is 52.4 cm³/mol. The summed E-state index contributed by atoms with van der Waals surface area (Å²) in [6, 6.07) is 0.125. The molecule has 0 aromatic heterocycles. The molecule has 0 unspecified atom stereocenters. The van der Waals surface area contributed by atoms with Crippen LogP contribution in [0.15, 0.2) is 18.2 Å². The lowest BCUT2D eigenvalue weighted by Crippen LogP contribution is -2.22. The molecule has 0 saturated heterocycles. The molecule has 8 heteroatoms. The summed E-state index contributed by atoms with van der Waals surface area (Å²) in [7, 11) is 0. The molecule has 0 saturated carbocycles. The minimum Gasteiger partial charge on any atom is -0.329 e. The first kappa shape index (κ1) is 14.8. The highest BCUT2D eigenvalue weighted by Gasteiger charge is 2.37. The van der Waals surface area contributed by atoms with E-state index in [0.717, 1.165) is 0 Å². The van der Waals surface area contributed by atoms with E-state index in [9.17, 15) is 26.3 Å². The molecule has 18 heavy (non-hydrogen) atoms. The third-order valence-corrected chi connectivity index (χ3v) is 2.29. The second-order valence-electron chi connectivity index (χ2n) is 3.68. The Bertz CT molecular complexity index is 391. The average Bonchev–Trinajstić information content (AvgIpc) is 2.25. The molecule has 1 aromatic carbocycles. The van der Waals surface area contributed by atoms with Crippen LogP contribution in [-0.4, -0.2) is 6.54 Å². The van der Waals surface area contributed by atoms with Crippen molar-refractivity contribution in [3.05, 3.63) is 34.9 Å². The van der Waals surface area contributed by atoms with Gasteiger partial charge in [-0.05, 0) is 23.8 Å². The summed E-state index contributed by atoms with van der Waals surface area (Å²) in [5, 5.41) is 0. The summed E-state index contributed by atoms with van der Waals surface area (Å²) in [5.41, 5.74) is 7.42. The van der Waals surface area contributed by atoms with Crippen molar-refractivity contribution >= 4 is 0 Å². The highest BCUT2D eigenvalue weighted by atomic mass is 19.4. The molecule has 0 amide bonds. The van der Waals surface area contributed by atoms with Gasteiger partial charge in [0.05, 0.1) is 11.1 Å². The third-order valence-electron chi connectivity index (χ3n) is 2.29. The molecule has 2 nitrogen and oxygen atoms in total. The molecule has 0 fully saturated rings. The van der Waals surface area contributed by atoms with E-state index in [2.05, 4.69) is 0 Å². The number of hydrogen-bond donors (Lipinski definition) is 2. The topological polar surface area (TPSA) is 52.0 Å². The highest BCUT2D eigenvalue weighted by molar-refractivity contribution is 5.35. The molecule has 1 atom stereocenters. The Labute approximate surface area is 98.6 Å². The Hall–Kier alpha value is -1.28. The predicted octanol–water partition coefficient (Wildman–Crippen LogP) is 2.68. The van der Waals surface area contributed by atoms with Crippen LogP contribution >= 0.6 is 0 Å². The van der Waals surface area contributed by atoms with Gasteiger partial charge in [-0.1, -0.05) is 0 Å². The molecule has 0 bridgehead atoms. The van der Waals surface area contributed by atoms with Gasteiger partial charge in [0.15, 0.2) is 0 Å². The standard InChI is InChI=1S/C10H10F6N2/c11-9(12,13)6-1-5(8(18)4-17)2-7(3-6)10(14,15)16/h1-3,8H,4,17-18H2/t8-/m1/s1. The monoisotopic (exact) mass is 272 g/mol. The Morgan fingerprint density at radius 1 is 0.889 bits per heavy atom. The minimum absolute atomic E-state index is 0.0484. The maximum absolute atomic E-state index is 12.5. The molecule has 0 radical (unpaired) electrons. The minimum atomic E-state index is -4.87. The molecular weight excluding hydrogens is 262 g/mol. The Balaban J connectivity index is 3.39. The van der Waals surface area contributed by atoms with Gasteiger partial charge in [-0.3, -0.25) is 0 Å². The van der Waals surface area contributed by atoms with Crippen molar-refractivity contribution in [2.24, 2.45) is 11.5 Å². The summed E-state index contributed by atoms with van der Waals surface area (Å²) in [6.45, 7) is -0.251. The zero-order valence-corrected chi connectivity index (χ0v) is 8.94. The molecular formula is C10H10F6N2. The van der Waals surface area contributed by atoms with Gasteiger partial charge in [-0.2, -0.15) is 26.3 Å². The normalized spacial score (nSPS) is 14.7. The number of hydrogen-bond acceptors (Lipinski definition) is 2. The fourth-order valence-corrected chi connectivity index (χ4v) is 1.33. The molecule has 1 aromatic rings. The van der Waals surface area contributed by atoms with E-state index in [1.165, 1.54) is 0 Å². The van der Waals surface area contributed by atoms with Crippen LogP contribution in [0.3, 0.4) is 0 Å². The molecule has 0 aliphatic heterocycles. The lowest BCUT2D eigenvalue weighted by Gasteiger charge is -2.16. The van der Waals surface area contributed by atoms with Crippen LogP contribution < -0.4 is 11.5 Å². The van der Waals surface area contributed by atoms with E-state index >= 15 is 0 Å². The van der Waals surface area contributed by atoms with Crippen LogP contribution in [0.2, 0.25) is 0 Å². The SMILES string of the molecule is NC[C@@H](N)c1cc(C(F)(F)F)cc(C(F)(F)F)c1. The van der Waals surface area contributed by atoms with Crippen molar-refractivity contribution in [3.8, 4) is 0 Å². The molecule has 4 N–H and O–H groups in total. The number of benzene rings is 1. The fourth-order valence-electron chi connectivity index (χ4n) is 1.33. The summed E-state index contributed by atoms with van der Waals surface area (Å²) in [4.78, 5) is 0. The van der Waals surface area contributed by atoms with Crippen LogP contribution in [0.5, 0.6) is 0 Å². The third kappa shape index (κ3) is 3.36. The van der Waals surface area contributed by atoms with Gasteiger partial charge >= 0.3 is 12.4 Å². The van der Waals surface area contributed by atoms with Crippen molar-refractivity contribution in [1.82, 2.24) is 0 Å². The van der Waals surface area contributed by atoms with Crippen LogP contribution in [0, 0.1) is 0 Å². The summed E-state index contributed by atoms with van der Waals surface area (Å²) in [5.74, 6) is 0. The molecule has 0 aliphatic rings. The average molecular weight is 272 g/mol. The van der Waals surface area contributed by atoms with E-state index < -0.39 is 29.5 Å². The van der Waals surface area contributed by atoms with Gasteiger partial charge in [-0.15, -0.1) is 0 Å². The van der Waals surface area contributed by atoms with Gasteiger partial charge in [0.1, 0.15) is 0 Å². The number of halogens is 6. The van der Waals surface area contributed by atoms with Gasteiger partial charge in [0.2, 0.25) is 0 Å². The molecule has 1 rings (SSSR count). The van der Waals surface area contributed by atoms with Crippen molar-refractivity contribution in [2.45, 2.75) is 18.4 Å². The van der Waals surface area contributed by atoms with E-state index in [0.29, 0.717) is 12.1 Å². The van der Waals surface area contributed by atoms with Crippen LogP contribution in [0.4, 0.5) is 26.3 Å². The first-order chi connectivity index (χ1) is 8.05. The van der Waals surface area contributed by atoms with Gasteiger partial charge < -0.3 is 11.5 Å². The van der Waals surface area contributed by atoms with Crippen LogP contribution in [0.1, 0.15) is 22.7 Å². The Kier molecular flexibility index (Phi) is 3.92. The second kappa shape index (κ2) is 4.77. The van der Waals surface area contributed by atoms with E-state index in [4.69, 9.17) is 11.5 Å². The molecule has 0 heterocycles. The fraction of sp³-hybridized carbons (Fsp3) is 0.400. The van der Waals surface area contributed by atoms with Gasteiger partial charge in [0.25, 0.3) is 0 Å². The number of nitrogens with two attached hydrogens (primary N) is 2. The quantitative estimate of drug-likeness (QED) is 0.813. The van der Waals surface area contributed by atoms with E-state index in [-0.39, 0.29) is 18.2 Å². The lowest BCUT2D eigenvalue weighted by molar-refractivity contribution is -0.143. The first-order valence-electron chi connectivity index (χ1n) is 4.80. The lowest BCUT2D eigenvalue weighted by atomic mass is 10.00. The molecule has 0 spiro atoms. The summed E-state index contributed by atoms with van der Waals surface area (Å²) < 4.78 is 74.8. The number of rotatable bonds is 2. The van der Waals surface area contributed by atoms with Crippen molar-refractivity contribution in [3.63, 3.8) is 0 Å². The zero-order chi connectivity index (χ0) is 14.1. The number of alkyl halides is 6. The molecule has 102 valence electrons. The Morgan fingerprint density at radius 2 is 1.28 bits per heavy atom. The largest absolute Gasteiger partial charge is 0.416 e. The maximum atomic E-state index is 12.5. The van der Waals surface area contributed by atoms with Crippen LogP contribution in [0.25, 0.3) is 0 Å².